The molecule has 0 radical (unpaired) electrons. The zero-order chi connectivity index (χ0) is 14.4. The summed E-state index contributed by atoms with van der Waals surface area (Å²) in [5.74, 6) is 0. The third kappa shape index (κ3) is 4.85. The maximum atomic E-state index is 5.74. The van der Waals surface area contributed by atoms with Gasteiger partial charge >= 0.3 is 0 Å². The molecule has 6 nitrogen and oxygen atoms in total. The van der Waals surface area contributed by atoms with Crippen molar-refractivity contribution < 1.29 is 4.74 Å². The highest BCUT2D eigenvalue weighted by atomic mass is 16.5. The van der Waals surface area contributed by atoms with Gasteiger partial charge in [-0.3, -0.25) is 9.58 Å². The summed E-state index contributed by atoms with van der Waals surface area (Å²) >= 11 is 0. The lowest BCUT2D eigenvalue weighted by atomic mass is 10.2. The topological polar surface area (TPSA) is 55.2 Å². The molecule has 1 aliphatic rings. The maximum absolute atomic E-state index is 5.74. The summed E-state index contributed by atoms with van der Waals surface area (Å²) in [4.78, 5) is 2.44. The third-order valence-corrected chi connectivity index (χ3v) is 3.46. The quantitative estimate of drug-likeness (QED) is 0.752. The number of aromatic nitrogens is 3. The number of hydrogen-bond donors (Lipinski definition) is 1. The van der Waals surface area contributed by atoms with Crippen LogP contribution in [0.5, 0.6) is 0 Å². The second-order valence-electron chi connectivity index (χ2n) is 5.67. The molecule has 1 aromatic rings. The van der Waals surface area contributed by atoms with Crippen molar-refractivity contribution >= 4 is 0 Å². The minimum Gasteiger partial charge on any atom is -0.373 e. The van der Waals surface area contributed by atoms with Crippen LogP contribution < -0.4 is 5.32 Å². The van der Waals surface area contributed by atoms with Crippen LogP contribution >= 0.6 is 0 Å². The Balaban J connectivity index is 1.73. The number of nitrogens with one attached hydrogen (secondary N) is 1. The molecule has 0 aliphatic carbocycles. The van der Waals surface area contributed by atoms with E-state index in [9.17, 15) is 0 Å². The minimum absolute atomic E-state index is 0.323. The first-order valence-corrected chi connectivity index (χ1v) is 7.65. The van der Waals surface area contributed by atoms with Crippen LogP contribution in [0.25, 0.3) is 0 Å². The first-order valence-electron chi connectivity index (χ1n) is 7.65. The first kappa shape index (κ1) is 15.4. The summed E-state index contributed by atoms with van der Waals surface area (Å²) in [5, 5.41) is 11.7. The molecule has 1 aliphatic heterocycles. The summed E-state index contributed by atoms with van der Waals surface area (Å²) in [6, 6.07) is 0. The van der Waals surface area contributed by atoms with Crippen molar-refractivity contribution in [2.75, 3.05) is 26.2 Å². The van der Waals surface area contributed by atoms with E-state index in [0.29, 0.717) is 12.2 Å². The van der Waals surface area contributed by atoms with Crippen molar-refractivity contribution in [3.05, 3.63) is 11.9 Å². The second kappa shape index (κ2) is 7.71. The predicted molar refractivity (Wildman–Crippen MR) is 78.5 cm³/mol. The van der Waals surface area contributed by atoms with E-state index in [-0.39, 0.29) is 0 Å². The van der Waals surface area contributed by atoms with Crippen molar-refractivity contribution in [3.8, 4) is 0 Å². The van der Waals surface area contributed by atoms with E-state index < -0.39 is 0 Å². The minimum atomic E-state index is 0.323. The zero-order valence-corrected chi connectivity index (χ0v) is 12.9. The van der Waals surface area contributed by atoms with Gasteiger partial charge in [0.2, 0.25) is 0 Å². The SMILES string of the molecule is CCCNCc1cn(CCN2CC(C)OC(C)C2)nn1. The second-order valence-corrected chi connectivity index (χ2v) is 5.67. The molecule has 2 heterocycles. The summed E-state index contributed by atoms with van der Waals surface area (Å²) in [6.07, 6.45) is 3.82. The van der Waals surface area contributed by atoms with Crippen LogP contribution in [-0.2, 0) is 17.8 Å². The van der Waals surface area contributed by atoms with Gasteiger partial charge in [0.15, 0.2) is 0 Å². The normalized spacial score (nSPS) is 24.1. The Hall–Kier alpha value is -0.980. The van der Waals surface area contributed by atoms with Crippen LogP contribution in [0.15, 0.2) is 6.20 Å². The van der Waals surface area contributed by atoms with E-state index in [4.69, 9.17) is 4.74 Å². The van der Waals surface area contributed by atoms with Gasteiger partial charge in [0, 0.05) is 32.4 Å². The largest absolute Gasteiger partial charge is 0.373 e. The Morgan fingerprint density at radius 1 is 1.30 bits per heavy atom. The van der Waals surface area contributed by atoms with E-state index >= 15 is 0 Å². The molecule has 0 amide bonds. The van der Waals surface area contributed by atoms with Gasteiger partial charge in [-0.15, -0.1) is 5.10 Å². The van der Waals surface area contributed by atoms with E-state index in [1.165, 1.54) is 0 Å². The number of ether oxygens (including phenoxy) is 1. The van der Waals surface area contributed by atoms with Crippen LogP contribution in [0.1, 0.15) is 32.9 Å². The van der Waals surface area contributed by atoms with Crippen LogP contribution in [0.3, 0.4) is 0 Å². The van der Waals surface area contributed by atoms with Gasteiger partial charge in [-0.1, -0.05) is 12.1 Å². The van der Waals surface area contributed by atoms with E-state index in [0.717, 1.165) is 51.4 Å². The molecule has 0 spiro atoms. The fraction of sp³-hybridized carbons (Fsp3) is 0.857. The molecule has 0 saturated carbocycles. The van der Waals surface area contributed by atoms with E-state index in [1.54, 1.807) is 0 Å². The van der Waals surface area contributed by atoms with Gasteiger partial charge in [0.05, 0.1) is 24.4 Å². The lowest BCUT2D eigenvalue weighted by Gasteiger charge is -2.35. The Kier molecular flexibility index (Phi) is 5.94. The van der Waals surface area contributed by atoms with Gasteiger partial charge in [0.25, 0.3) is 0 Å². The van der Waals surface area contributed by atoms with E-state index in [1.807, 2.05) is 10.9 Å². The highest BCUT2D eigenvalue weighted by Gasteiger charge is 2.21. The fourth-order valence-corrected chi connectivity index (χ4v) is 2.63. The van der Waals surface area contributed by atoms with Gasteiger partial charge in [-0.05, 0) is 26.8 Å². The molecule has 0 bridgehead atoms. The number of hydrogen-bond acceptors (Lipinski definition) is 5. The average Bonchev–Trinajstić information content (AvgIpc) is 2.84. The third-order valence-electron chi connectivity index (χ3n) is 3.46. The highest BCUT2D eigenvalue weighted by Crippen LogP contribution is 2.10. The monoisotopic (exact) mass is 281 g/mol. The molecule has 20 heavy (non-hydrogen) atoms. The van der Waals surface area contributed by atoms with Crippen molar-refractivity contribution in [2.45, 2.75) is 52.5 Å². The molecule has 2 atom stereocenters. The molecule has 1 fully saturated rings. The van der Waals surface area contributed by atoms with Crippen molar-refractivity contribution in [1.82, 2.24) is 25.2 Å². The van der Waals surface area contributed by atoms with Crippen LogP contribution in [0, 0.1) is 0 Å². The lowest BCUT2D eigenvalue weighted by molar-refractivity contribution is -0.0687. The van der Waals surface area contributed by atoms with Crippen molar-refractivity contribution in [2.24, 2.45) is 0 Å². The van der Waals surface area contributed by atoms with Crippen LogP contribution in [0.2, 0.25) is 0 Å². The summed E-state index contributed by atoms with van der Waals surface area (Å²) < 4.78 is 7.68. The maximum Gasteiger partial charge on any atom is 0.0964 e. The molecule has 1 N–H and O–H groups in total. The van der Waals surface area contributed by atoms with Gasteiger partial charge in [-0.2, -0.15) is 0 Å². The van der Waals surface area contributed by atoms with Gasteiger partial charge in [-0.25, -0.2) is 0 Å². The smallest absolute Gasteiger partial charge is 0.0964 e. The summed E-state index contributed by atoms with van der Waals surface area (Å²) in [5.41, 5.74) is 1.02. The van der Waals surface area contributed by atoms with Gasteiger partial charge in [0.1, 0.15) is 0 Å². The van der Waals surface area contributed by atoms with Crippen molar-refractivity contribution in [3.63, 3.8) is 0 Å². The predicted octanol–water partition coefficient (Wildman–Crippen LogP) is 0.887. The molecule has 1 saturated heterocycles. The zero-order valence-electron chi connectivity index (χ0n) is 12.9. The molecule has 1 aromatic heterocycles. The standard InChI is InChI=1S/C14H27N5O/c1-4-5-15-8-14-11-19(17-16-14)7-6-18-9-12(2)20-13(3)10-18/h11-13,15H,4-10H2,1-3H3. The lowest BCUT2D eigenvalue weighted by Crippen LogP contribution is -2.46. The van der Waals surface area contributed by atoms with Crippen LogP contribution in [-0.4, -0.2) is 58.3 Å². The van der Waals surface area contributed by atoms with Crippen molar-refractivity contribution in [1.29, 1.82) is 0 Å². The summed E-state index contributed by atoms with van der Waals surface area (Å²) in [6.45, 7) is 12.2. The van der Waals surface area contributed by atoms with Crippen LogP contribution in [0.4, 0.5) is 0 Å². The Morgan fingerprint density at radius 2 is 2.05 bits per heavy atom. The average molecular weight is 281 g/mol. The molecule has 2 unspecified atom stereocenters. The number of nitrogens with zero attached hydrogens (tertiary/aromatic N) is 4. The molecule has 114 valence electrons. The molecular weight excluding hydrogens is 254 g/mol. The Morgan fingerprint density at radius 3 is 2.75 bits per heavy atom. The Bertz CT molecular complexity index is 385. The van der Waals surface area contributed by atoms with Gasteiger partial charge < -0.3 is 10.1 Å². The van der Waals surface area contributed by atoms with E-state index in [2.05, 4.69) is 41.3 Å². The molecular formula is C14H27N5O. The number of morpholine rings is 1. The Labute approximate surface area is 121 Å². The molecule has 6 heteroatoms. The first-order chi connectivity index (χ1) is 9.67. The fourth-order valence-electron chi connectivity index (χ4n) is 2.63. The summed E-state index contributed by atoms with van der Waals surface area (Å²) in [7, 11) is 0. The highest BCUT2D eigenvalue weighted by molar-refractivity contribution is 4.91. The number of rotatable bonds is 7. The molecule has 0 aromatic carbocycles. The molecule has 2 rings (SSSR count).